The minimum Gasteiger partial charge on any atom is -0.478 e. The van der Waals surface area contributed by atoms with E-state index in [4.69, 9.17) is 0 Å². The first-order chi connectivity index (χ1) is 8.41. The van der Waals surface area contributed by atoms with E-state index >= 15 is 0 Å². The molecule has 94 valence electrons. The van der Waals surface area contributed by atoms with Gasteiger partial charge in [0.25, 0.3) is 0 Å². The second-order valence-corrected chi connectivity index (χ2v) is 5.09. The summed E-state index contributed by atoms with van der Waals surface area (Å²) in [6.45, 7) is 5.83. The molecule has 4 nitrogen and oxygen atoms in total. The van der Waals surface area contributed by atoms with Crippen LogP contribution in [-0.4, -0.2) is 20.9 Å². The predicted molar refractivity (Wildman–Crippen MR) is 72.4 cm³/mol. The molecule has 0 unspecified atom stereocenters. The highest BCUT2D eigenvalue weighted by Crippen LogP contribution is 2.23. The molecule has 1 heterocycles. The molecule has 0 saturated heterocycles. The molecule has 0 fully saturated rings. The molecule has 2 rings (SSSR count). The van der Waals surface area contributed by atoms with E-state index in [-0.39, 0.29) is 5.56 Å². The Kier molecular flexibility index (Phi) is 3.26. The number of rotatable bonds is 2. The van der Waals surface area contributed by atoms with Crippen molar-refractivity contribution in [3.63, 3.8) is 0 Å². The Bertz CT molecular complexity index is 632. The highest BCUT2D eigenvalue weighted by molar-refractivity contribution is 9.10. The molecule has 0 amide bonds. The summed E-state index contributed by atoms with van der Waals surface area (Å²) >= 11 is 3.28. The summed E-state index contributed by atoms with van der Waals surface area (Å²) in [7, 11) is 0. The number of nitrogens with zero attached hydrogens (tertiary/aromatic N) is 2. The van der Waals surface area contributed by atoms with Crippen molar-refractivity contribution in [3.05, 3.63) is 45.2 Å². The predicted octanol–water partition coefficient (Wildman–Crippen LogP) is 3.26. The maximum Gasteiger partial charge on any atom is 0.337 e. The lowest BCUT2D eigenvalue weighted by Crippen LogP contribution is -2.08. The molecule has 0 radical (unpaired) electrons. The molecule has 0 saturated carbocycles. The molecule has 0 bridgehead atoms. The normalized spacial score (nSPS) is 10.7. The maximum atomic E-state index is 11.3. The monoisotopic (exact) mass is 308 g/mol. The number of carbonyl (C=O) groups is 1. The lowest BCUT2D eigenvalue weighted by atomic mass is 10.1. The quantitative estimate of drug-likeness (QED) is 0.926. The Morgan fingerprint density at radius 1 is 1.33 bits per heavy atom. The van der Waals surface area contributed by atoms with E-state index in [0.717, 1.165) is 21.4 Å². The van der Waals surface area contributed by atoms with Crippen LogP contribution in [0.25, 0.3) is 5.69 Å². The van der Waals surface area contributed by atoms with Gasteiger partial charge in [0.1, 0.15) is 0 Å². The first-order valence-electron chi connectivity index (χ1n) is 5.48. The van der Waals surface area contributed by atoms with Crippen molar-refractivity contribution < 1.29 is 9.90 Å². The Hall–Kier alpha value is -1.62. The van der Waals surface area contributed by atoms with Gasteiger partial charge in [0, 0.05) is 10.2 Å². The number of hydrogen-bond donors (Lipinski definition) is 1. The summed E-state index contributed by atoms with van der Waals surface area (Å²) < 4.78 is 2.42. The maximum absolute atomic E-state index is 11.3. The number of carboxylic acids is 1. The second-order valence-electron chi connectivity index (χ2n) is 4.17. The fourth-order valence-electron chi connectivity index (χ4n) is 1.82. The van der Waals surface area contributed by atoms with Crippen molar-refractivity contribution in [3.8, 4) is 5.69 Å². The number of carboxylic acid groups (broad SMARTS) is 1. The van der Waals surface area contributed by atoms with Gasteiger partial charge in [0.15, 0.2) is 0 Å². The smallest absolute Gasteiger partial charge is 0.337 e. The van der Waals surface area contributed by atoms with Crippen molar-refractivity contribution >= 4 is 21.9 Å². The van der Waals surface area contributed by atoms with Gasteiger partial charge in [-0.15, -0.1) is 0 Å². The van der Waals surface area contributed by atoms with Crippen molar-refractivity contribution in [2.45, 2.75) is 20.8 Å². The van der Waals surface area contributed by atoms with Crippen LogP contribution < -0.4 is 0 Å². The van der Waals surface area contributed by atoms with Crippen LogP contribution in [0.3, 0.4) is 0 Å². The van der Waals surface area contributed by atoms with Gasteiger partial charge in [-0.3, -0.25) is 0 Å². The Morgan fingerprint density at radius 2 is 2.00 bits per heavy atom. The van der Waals surface area contributed by atoms with Gasteiger partial charge in [0.05, 0.1) is 16.9 Å². The highest BCUT2D eigenvalue weighted by Gasteiger charge is 2.16. The van der Waals surface area contributed by atoms with E-state index in [9.17, 15) is 9.90 Å². The van der Waals surface area contributed by atoms with Gasteiger partial charge in [0.2, 0.25) is 0 Å². The van der Waals surface area contributed by atoms with Crippen LogP contribution in [0.1, 0.15) is 27.3 Å². The number of hydrogen-bond acceptors (Lipinski definition) is 2. The van der Waals surface area contributed by atoms with E-state index in [0.29, 0.717) is 5.69 Å². The molecule has 18 heavy (non-hydrogen) atoms. The third-order valence-electron chi connectivity index (χ3n) is 3.07. The van der Waals surface area contributed by atoms with Crippen LogP contribution >= 0.6 is 15.9 Å². The first kappa shape index (κ1) is 12.8. The van der Waals surface area contributed by atoms with Crippen LogP contribution in [0.15, 0.2) is 22.7 Å². The van der Waals surface area contributed by atoms with Crippen molar-refractivity contribution in [1.82, 2.24) is 9.78 Å². The molecule has 2 aromatic rings. The number of aromatic carboxylic acids is 1. The van der Waals surface area contributed by atoms with Gasteiger partial charge in [-0.2, -0.15) is 5.10 Å². The molecule has 1 aromatic carbocycles. The van der Waals surface area contributed by atoms with Crippen molar-refractivity contribution in [1.29, 1.82) is 0 Å². The number of benzene rings is 1. The van der Waals surface area contributed by atoms with E-state index in [1.165, 1.54) is 0 Å². The summed E-state index contributed by atoms with van der Waals surface area (Å²) in [5, 5.41) is 13.6. The molecule has 0 spiro atoms. The fourth-order valence-corrected chi connectivity index (χ4v) is 2.18. The van der Waals surface area contributed by atoms with Crippen LogP contribution in [0.2, 0.25) is 0 Å². The zero-order valence-corrected chi connectivity index (χ0v) is 11.9. The summed E-state index contributed by atoms with van der Waals surface area (Å²) in [4.78, 5) is 11.3. The van der Waals surface area contributed by atoms with Crippen molar-refractivity contribution in [2.75, 3.05) is 0 Å². The van der Waals surface area contributed by atoms with Gasteiger partial charge < -0.3 is 5.11 Å². The van der Waals surface area contributed by atoms with E-state index in [1.54, 1.807) is 16.8 Å². The van der Waals surface area contributed by atoms with E-state index < -0.39 is 5.97 Å². The topological polar surface area (TPSA) is 55.1 Å². The molecule has 0 aliphatic heterocycles. The molecule has 5 heteroatoms. The first-order valence-corrected chi connectivity index (χ1v) is 6.27. The number of aromatic nitrogens is 2. The molecule has 1 N–H and O–H groups in total. The molecule has 0 aliphatic carbocycles. The Morgan fingerprint density at radius 3 is 2.50 bits per heavy atom. The van der Waals surface area contributed by atoms with Gasteiger partial charge in [-0.25, -0.2) is 9.48 Å². The number of halogens is 1. The van der Waals surface area contributed by atoms with Crippen molar-refractivity contribution in [2.24, 2.45) is 0 Å². The largest absolute Gasteiger partial charge is 0.478 e. The highest BCUT2D eigenvalue weighted by atomic mass is 79.9. The SMILES string of the molecule is Cc1nn(-c2ccc(Br)cc2C(=O)O)c(C)c1C. The second kappa shape index (κ2) is 4.57. The average molecular weight is 309 g/mol. The molecule has 0 aliphatic rings. The average Bonchev–Trinajstić information content (AvgIpc) is 2.57. The van der Waals surface area contributed by atoms with E-state index in [2.05, 4.69) is 21.0 Å². The minimum absolute atomic E-state index is 0.231. The molecular formula is C13H13BrN2O2. The summed E-state index contributed by atoms with van der Waals surface area (Å²) in [6, 6.07) is 5.16. The third kappa shape index (κ3) is 2.06. The number of aryl methyl sites for hydroxylation is 1. The summed E-state index contributed by atoms with van der Waals surface area (Å²) in [5.41, 5.74) is 3.76. The Labute approximate surface area is 113 Å². The third-order valence-corrected chi connectivity index (χ3v) is 3.56. The van der Waals surface area contributed by atoms with Crippen LogP contribution in [-0.2, 0) is 0 Å². The summed E-state index contributed by atoms with van der Waals surface area (Å²) in [6.07, 6.45) is 0. The zero-order valence-electron chi connectivity index (χ0n) is 10.4. The van der Waals surface area contributed by atoms with Crippen LogP contribution in [0, 0.1) is 20.8 Å². The molecule has 0 atom stereocenters. The Balaban J connectivity index is 2.71. The standard InChI is InChI=1S/C13H13BrN2O2/c1-7-8(2)15-16(9(7)3)12-5-4-10(14)6-11(12)13(17)18/h4-6H,1-3H3,(H,17,18). The lowest BCUT2D eigenvalue weighted by Gasteiger charge is -2.09. The molecular weight excluding hydrogens is 296 g/mol. The summed E-state index contributed by atoms with van der Waals surface area (Å²) in [5.74, 6) is -0.962. The lowest BCUT2D eigenvalue weighted by molar-refractivity contribution is 0.0696. The fraction of sp³-hybridized carbons (Fsp3) is 0.231. The van der Waals surface area contributed by atoms with Gasteiger partial charge >= 0.3 is 5.97 Å². The zero-order chi connectivity index (χ0) is 13.4. The van der Waals surface area contributed by atoms with Crippen LogP contribution in [0.5, 0.6) is 0 Å². The molecule has 1 aromatic heterocycles. The van der Waals surface area contributed by atoms with Gasteiger partial charge in [-0.1, -0.05) is 15.9 Å². The van der Waals surface area contributed by atoms with Crippen LogP contribution in [0.4, 0.5) is 0 Å². The van der Waals surface area contributed by atoms with Gasteiger partial charge in [-0.05, 0) is 44.5 Å². The van der Waals surface area contributed by atoms with E-state index in [1.807, 2.05) is 26.8 Å². The minimum atomic E-state index is -0.962.